The maximum absolute atomic E-state index is 11.8. The number of fused-ring (bicyclic) bond motifs is 1. The van der Waals surface area contributed by atoms with Crippen molar-refractivity contribution in [2.24, 2.45) is 0 Å². The molecule has 0 bridgehead atoms. The van der Waals surface area contributed by atoms with E-state index in [-0.39, 0.29) is 5.97 Å². The van der Waals surface area contributed by atoms with Crippen molar-refractivity contribution in [3.8, 4) is 17.2 Å². The first kappa shape index (κ1) is 13.5. The highest BCUT2D eigenvalue weighted by Gasteiger charge is 2.32. The molecule has 1 heterocycles. The van der Waals surface area contributed by atoms with Crippen molar-refractivity contribution in [1.29, 1.82) is 0 Å². The van der Waals surface area contributed by atoms with Crippen LogP contribution >= 0.6 is 0 Å². The van der Waals surface area contributed by atoms with Gasteiger partial charge in [-0.3, -0.25) is 0 Å². The van der Waals surface area contributed by atoms with Gasteiger partial charge in [0, 0.05) is 12.0 Å². The Hall–Kier alpha value is -2.49. The number of hydrogen-bond donors (Lipinski definition) is 0. The van der Waals surface area contributed by atoms with Gasteiger partial charge in [-0.15, -0.1) is 0 Å². The molecule has 21 heavy (non-hydrogen) atoms. The molecule has 1 atom stereocenters. The summed E-state index contributed by atoms with van der Waals surface area (Å²) in [6, 6.07) is 15.1. The van der Waals surface area contributed by atoms with Gasteiger partial charge >= 0.3 is 5.97 Å². The van der Waals surface area contributed by atoms with Gasteiger partial charge < -0.3 is 14.2 Å². The Morgan fingerprint density at radius 1 is 1.19 bits per heavy atom. The van der Waals surface area contributed by atoms with Gasteiger partial charge in [-0.1, -0.05) is 24.3 Å². The van der Waals surface area contributed by atoms with Gasteiger partial charge in [-0.2, -0.15) is 0 Å². The van der Waals surface area contributed by atoms with Gasteiger partial charge in [0.05, 0.1) is 6.61 Å². The number of para-hydroxylation sites is 1. The molecular weight excluding hydrogens is 268 g/mol. The lowest BCUT2D eigenvalue weighted by Crippen LogP contribution is -2.27. The first-order valence-electron chi connectivity index (χ1n) is 6.96. The molecule has 0 radical (unpaired) electrons. The van der Waals surface area contributed by atoms with Gasteiger partial charge in [0.15, 0.2) is 6.10 Å². The zero-order chi connectivity index (χ0) is 14.7. The number of hydrogen-bond acceptors (Lipinski definition) is 4. The number of carbonyl (C=O) groups is 1. The van der Waals surface area contributed by atoms with Crippen molar-refractivity contribution >= 4 is 5.97 Å². The summed E-state index contributed by atoms with van der Waals surface area (Å²) in [6.07, 6.45) is -0.113. The molecule has 0 saturated carbocycles. The SMILES string of the molecule is CCOC(=O)C1Cc2c(Oc3ccccc3)cccc2O1. The van der Waals surface area contributed by atoms with Crippen LogP contribution in [0.1, 0.15) is 12.5 Å². The topological polar surface area (TPSA) is 44.8 Å². The Morgan fingerprint density at radius 2 is 2.00 bits per heavy atom. The third-order valence-electron chi connectivity index (χ3n) is 3.27. The number of esters is 1. The predicted molar refractivity (Wildman–Crippen MR) is 77.7 cm³/mol. The second kappa shape index (κ2) is 5.87. The van der Waals surface area contributed by atoms with Crippen LogP contribution in [0.3, 0.4) is 0 Å². The highest BCUT2D eigenvalue weighted by molar-refractivity contribution is 5.77. The standard InChI is InChI=1S/C17H16O4/c1-2-19-17(18)16-11-13-14(9-6-10-15(13)21-16)20-12-7-4-3-5-8-12/h3-10,16H,2,11H2,1H3. The first-order valence-corrected chi connectivity index (χ1v) is 6.96. The number of ether oxygens (including phenoxy) is 3. The molecule has 4 nitrogen and oxygen atoms in total. The van der Waals surface area contributed by atoms with Gasteiger partial charge in [-0.25, -0.2) is 4.79 Å². The van der Waals surface area contributed by atoms with Crippen molar-refractivity contribution < 1.29 is 19.0 Å². The Morgan fingerprint density at radius 3 is 2.76 bits per heavy atom. The minimum atomic E-state index is -0.583. The number of carbonyl (C=O) groups excluding carboxylic acids is 1. The Kier molecular flexibility index (Phi) is 3.77. The lowest BCUT2D eigenvalue weighted by Gasteiger charge is -2.08. The highest BCUT2D eigenvalue weighted by atomic mass is 16.6. The summed E-state index contributed by atoms with van der Waals surface area (Å²) in [7, 11) is 0. The summed E-state index contributed by atoms with van der Waals surface area (Å²) in [4.78, 5) is 11.8. The smallest absolute Gasteiger partial charge is 0.347 e. The molecule has 3 rings (SSSR count). The molecule has 0 aliphatic carbocycles. The molecule has 1 aliphatic rings. The summed E-state index contributed by atoms with van der Waals surface area (Å²) in [5.74, 6) is 1.82. The van der Waals surface area contributed by atoms with Crippen molar-refractivity contribution in [2.75, 3.05) is 6.61 Å². The average molecular weight is 284 g/mol. The van der Waals surface area contributed by atoms with E-state index in [2.05, 4.69) is 0 Å². The third kappa shape index (κ3) is 2.84. The fraction of sp³-hybridized carbons (Fsp3) is 0.235. The van der Waals surface area contributed by atoms with Gasteiger partial charge in [0.25, 0.3) is 0 Å². The van der Waals surface area contributed by atoms with E-state index in [1.165, 1.54) is 0 Å². The summed E-state index contributed by atoms with van der Waals surface area (Å²) < 4.78 is 16.5. The molecule has 1 aliphatic heterocycles. The number of rotatable bonds is 4. The van der Waals surface area contributed by atoms with Crippen molar-refractivity contribution in [1.82, 2.24) is 0 Å². The van der Waals surface area contributed by atoms with Crippen LogP contribution in [0.2, 0.25) is 0 Å². The zero-order valence-electron chi connectivity index (χ0n) is 11.7. The molecule has 0 saturated heterocycles. The third-order valence-corrected chi connectivity index (χ3v) is 3.27. The normalized spacial score (nSPS) is 16.0. The lowest BCUT2D eigenvalue weighted by molar-refractivity contribution is -0.150. The lowest BCUT2D eigenvalue weighted by atomic mass is 10.1. The Labute approximate surface area is 123 Å². The van der Waals surface area contributed by atoms with Crippen LogP contribution in [0.25, 0.3) is 0 Å². The fourth-order valence-electron chi connectivity index (χ4n) is 2.32. The second-order valence-electron chi connectivity index (χ2n) is 4.71. The van der Waals surface area contributed by atoms with E-state index < -0.39 is 6.10 Å². The molecule has 2 aromatic carbocycles. The predicted octanol–water partition coefficient (Wildman–Crippen LogP) is 3.35. The molecule has 1 unspecified atom stereocenters. The van der Waals surface area contributed by atoms with Crippen LogP contribution in [0.5, 0.6) is 17.2 Å². The van der Waals surface area contributed by atoms with E-state index in [4.69, 9.17) is 14.2 Å². The van der Waals surface area contributed by atoms with Crippen LogP contribution in [-0.4, -0.2) is 18.7 Å². The van der Waals surface area contributed by atoms with Crippen LogP contribution in [0.4, 0.5) is 0 Å². The van der Waals surface area contributed by atoms with E-state index in [0.29, 0.717) is 24.5 Å². The highest BCUT2D eigenvalue weighted by Crippen LogP contribution is 2.38. The molecule has 0 fully saturated rings. The maximum atomic E-state index is 11.8. The van der Waals surface area contributed by atoms with Crippen LogP contribution in [0.15, 0.2) is 48.5 Å². The van der Waals surface area contributed by atoms with Crippen molar-refractivity contribution in [2.45, 2.75) is 19.4 Å². The fourth-order valence-corrected chi connectivity index (χ4v) is 2.32. The van der Waals surface area contributed by atoms with Crippen LogP contribution < -0.4 is 9.47 Å². The Bertz CT molecular complexity index is 636. The Balaban J connectivity index is 1.81. The van der Waals surface area contributed by atoms with E-state index >= 15 is 0 Å². The second-order valence-corrected chi connectivity index (χ2v) is 4.71. The minimum Gasteiger partial charge on any atom is -0.478 e. The summed E-state index contributed by atoms with van der Waals surface area (Å²) in [5, 5.41) is 0. The molecule has 2 aromatic rings. The van der Waals surface area contributed by atoms with Gasteiger partial charge in [0.1, 0.15) is 17.2 Å². The summed E-state index contributed by atoms with van der Waals surface area (Å²) in [6.45, 7) is 2.13. The van der Waals surface area contributed by atoms with Crippen molar-refractivity contribution in [3.05, 3.63) is 54.1 Å². The quantitative estimate of drug-likeness (QED) is 0.808. The average Bonchev–Trinajstić information content (AvgIpc) is 2.94. The minimum absolute atomic E-state index is 0.334. The molecule has 0 N–H and O–H groups in total. The summed E-state index contributed by atoms with van der Waals surface area (Å²) in [5.41, 5.74) is 0.902. The molecule has 108 valence electrons. The largest absolute Gasteiger partial charge is 0.478 e. The van der Waals surface area contributed by atoms with Gasteiger partial charge in [0.2, 0.25) is 0 Å². The molecule has 0 amide bonds. The summed E-state index contributed by atoms with van der Waals surface area (Å²) >= 11 is 0. The van der Waals surface area contributed by atoms with Crippen LogP contribution in [-0.2, 0) is 16.0 Å². The van der Waals surface area contributed by atoms with Crippen LogP contribution in [0, 0.1) is 0 Å². The van der Waals surface area contributed by atoms with Crippen molar-refractivity contribution in [3.63, 3.8) is 0 Å². The maximum Gasteiger partial charge on any atom is 0.347 e. The molecule has 0 spiro atoms. The molecule has 0 aromatic heterocycles. The zero-order valence-corrected chi connectivity index (χ0v) is 11.7. The van der Waals surface area contributed by atoms with E-state index in [1.54, 1.807) is 6.92 Å². The number of benzene rings is 2. The monoisotopic (exact) mass is 284 g/mol. The van der Waals surface area contributed by atoms with E-state index in [0.717, 1.165) is 11.3 Å². The van der Waals surface area contributed by atoms with E-state index in [1.807, 2.05) is 48.5 Å². The molecule has 4 heteroatoms. The first-order chi connectivity index (χ1) is 10.3. The molecular formula is C17H16O4. The van der Waals surface area contributed by atoms with Gasteiger partial charge in [-0.05, 0) is 31.2 Å². The van der Waals surface area contributed by atoms with E-state index in [9.17, 15) is 4.79 Å².